The molecule has 0 unspecified atom stereocenters. The van der Waals surface area contributed by atoms with Crippen LogP contribution in [0.1, 0.15) is 29.0 Å². The minimum Gasteiger partial charge on any atom is -0.459 e. The summed E-state index contributed by atoms with van der Waals surface area (Å²) < 4.78 is 5.14. The highest BCUT2D eigenvalue weighted by Crippen LogP contribution is 2.21. The van der Waals surface area contributed by atoms with Crippen molar-refractivity contribution in [2.75, 3.05) is 13.1 Å². The average Bonchev–Trinajstić information content (AvgIpc) is 3.17. The fourth-order valence-electron chi connectivity index (χ4n) is 2.84. The van der Waals surface area contributed by atoms with Gasteiger partial charge in [-0.2, -0.15) is 0 Å². The molecule has 136 valence electrons. The SMILES string of the molecule is O=C(/C=C/c1cc(Cl)ccc1Cl)NC1CCN(C(=O)c2ccco2)CC1. The minimum atomic E-state index is -0.197. The Balaban J connectivity index is 1.49. The Morgan fingerprint density at radius 2 is 1.96 bits per heavy atom. The number of likely N-dealkylation sites (tertiary alicyclic amines) is 1. The first kappa shape index (κ1) is 18.5. The zero-order valence-electron chi connectivity index (χ0n) is 14.0. The third-order valence-electron chi connectivity index (χ3n) is 4.23. The van der Waals surface area contributed by atoms with Crippen molar-refractivity contribution in [2.24, 2.45) is 0 Å². The molecule has 3 rings (SSSR count). The average molecular weight is 393 g/mol. The maximum Gasteiger partial charge on any atom is 0.289 e. The van der Waals surface area contributed by atoms with Crippen LogP contribution in [0.5, 0.6) is 0 Å². The van der Waals surface area contributed by atoms with Crippen LogP contribution in [-0.2, 0) is 4.79 Å². The summed E-state index contributed by atoms with van der Waals surface area (Å²) in [5, 5.41) is 4.04. The number of piperidine rings is 1. The molecule has 2 amide bonds. The largest absolute Gasteiger partial charge is 0.459 e. The molecule has 7 heteroatoms. The lowest BCUT2D eigenvalue weighted by Gasteiger charge is -2.31. The van der Waals surface area contributed by atoms with Crippen molar-refractivity contribution in [3.8, 4) is 0 Å². The lowest BCUT2D eigenvalue weighted by Crippen LogP contribution is -2.46. The van der Waals surface area contributed by atoms with Gasteiger partial charge in [0.2, 0.25) is 5.91 Å². The molecular formula is C19H18Cl2N2O3. The third-order valence-corrected chi connectivity index (χ3v) is 4.81. The molecule has 1 aromatic heterocycles. The highest BCUT2D eigenvalue weighted by atomic mass is 35.5. The highest BCUT2D eigenvalue weighted by molar-refractivity contribution is 6.34. The van der Waals surface area contributed by atoms with E-state index >= 15 is 0 Å². The predicted molar refractivity (Wildman–Crippen MR) is 101 cm³/mol. The molecule has 1 aromatic carbocycles. The summed E-state index contributed by atoms with van der Waals surface area (Å²) in [6, 6.07) is 8.46. The molecule has 0 saturated carbocycles. The van der Waals surface area contributed by atoms with Crippen LogP contribution in [-0.4, -0.2) is 35.8 Å². The van der Waals surface area contributed by atoms with Crippen LogP contribution in [0, 0.1) is 0 Å². The molecular weight excluding hydrogens is 375 g/mol. The first-order chi connectivity index (χ1) is 12.5. The van der Waals surface area contributed by atoms with Crippen molar-refractivity contribution in [3.05, 3.63) is 64.0 Å². The van der Waals surface area contributed by atoms with E-state index in [1.165, 1.54) is 12.3 Å². The second kappa shape index (κ2) is 8.43. The number of carbonyl (C=O) groups is 2. The highest BCUT2D eigenvalue weighted by Gasteiger charge is 2.25. The molecule has 5 nitrogen and oxygen atoms in total. The second-order valence-corrected chi connectivity index (χ2v) is 6.90. The molecule has 0 aliphatic carbocycles. The van der Waals surface area contributed by atoms with Crippen LogP contribution in [0.2, 0.25) is 10.0 Å². The number of furan rings is 1. The fraction of sp³-hybridized carbons (Fsp3) is 0.263. The molecule has 0 spiro atoms. The van der Waals surface area contributed by atoms with Crippen LogP contribution < -0.4 is 5.32 Å². The van der Waals surface area contributed by atoms with Gasteiger partial charge in [-0.1, -0.05) is 23.2 Å². The molecule has 1 saturated heterocycles. The Bertz CT molecular complexity index is 810. The van der Waals surface area contributed by atoms with Crippen molar-refractivity contribution in [3.63, 3.8) is 0 Å². The van der Waals surface area contributed by atoms with Gasteiger partial charge in [0.1, 0.15) is 0 Å². The van der Waals surface area contributed by atoms with Gasteiger partial charge < -0.3 is 14.6 Å². The van der Waals surface area contributed by atoms with Gasteiger partial charge in [-0.15, -0.1) is 0 Å². The molecule has 2 heterocycles. The first-order valence-corrected chi connectivity index (χ1v) is 9.05. The Hall–Kier alpha value is -2.24. The molecule has 1 aliphatic heterocycles. The summed E-state index contributed by atoms with van der Waals surface area (Å²) in [5.41, 5.74) is 0.688. The lowest BCUT2D eigenvalue weighted by atomic mass is 10.0. The summed E-state index contributed by atoms with van der Waals surface area (Å²) in [5.74, 6) is 0.0287. The number of hydrogen-bond acceptors (Lipinski definition) is 3. The molecule has 1 N–H and O–H groups in total. The number of benzene rings is 1. The molecule has 2 aromatic rings. The van der Waals surface area contributed by atoms with E-state index in [0.29, 0.717) is 47.3 Å². The maximum absolute atomic E-state index is 12.2. The van der Waals surface area contributed by atoms with Gasteiger partial charge in [-0.3, -0.25) is 9.59 Å². The van der Waals surface area contributed by atoms with Gasteiger partial charge >= 0.3 is 0 Å². The quantitative estimate of drug-likeness (QED) is 0.799. The van der Waals surface area contributed by atoms with Crippen molar-refractivity contribution in [2.45, 2.75) is 18.9 Å². The summed E-state index contributed by atoms with van der Waals surface area (Å²) in [6.45, 7) is 1.16. The van der Waals surface area contributed by atoms with Gasteiger partial charge in [0, 0.05) is 35.3 Å². The fourth-order valence-corrected chi connectivity index (χ4v) is 3.20. The van der Waals surface area contributed by atoms with Crippen LogP contribution in [0.15, 0.2) is 47.1 Å². The standard InChI is InChI=1S/C19H18Cl2N2O3/c20-14-4-5-16(21)13(12-14)3-6-18(24)22-15-7-9-23(10-8-15)19(25)17-2-1-11-26-17/h1-6,11-12,15H,7-10H2,(H,22,24)/b6-3+. The van der Waals surface area contributed by atoms with Gasteiger partial charge in [0.15, 0.2) is 5.76 Å². The number of nitrogens with one attached hydrogen (secondary N) is 1. The number of rotatable bonds is 4. The van der Waals surface area contributed by atoms with E-state index in [1.54, 1.807) is 41.3 Å². The summed E-state index contributed by atoms with van der Waals surface area (Å²) in [6.07, 6.45) is 5.96. The van der Waals surface area contributed by atoms with Crippen molar-refractivity contribution < 1.29 is 14.0 Å². The third kappa shape index (κ3) is 4.68. The van der Waals surface area contributed by atoms with Crippen LogP contribution >= 0.6 is 23.2 Å². The Morgan fingerprint density at radius 3 is 2.65 bits per heavy atom. The van der Waals surface area contributed by atoms with E-state index in [9.17, 15) is 9.59 Å². The van der Waals surface area contributed by atoms with E-state index in [4.69, 9.17) is 27.6 Å². The number of carbonyl (C=O) groups excluding carboxylic acids is 2. The Labute approximate surface area is 161 Å². The number of amides is 2. The van der Waals surface area contributed by atoms with Crippen LogP contribution in [0.4, 0.5) is 0 Å². The van der Waals surface area contributed by atoms with Gasteiger partial charge in [-0.25, -0.2) is 0 Å². The van der Waals surface area contributed by atoms with Gasteiger partial charge in [-0.05, 0) is 54.8 Å². The van der Waals surface area contributed by atoms with E-state index in [-0.39, 0.29) is 17.9 Å². The van der Waals surface area contributed by atoms with E-state index < -0.39 is 0 Å². The van der Waals surface area contributed by atoms with Crippen LogP contribution in [0.3, 0.4) is 0 Å². The summed E-state index contributed by atoms with van der Waals surface area (Å²) in [7, 11) is 0. The number of nitrogens with zero attached hydrogens (tertiary/aromatic N) is 1. The smallest absolute Gasteiger partial charge is 0.289 e. The Morgan fingerprint density at radius 1 is 1.19 bits per heavy atom. The Kier molecular flexibility index (Phi) is 6.01. The van der Waals surface area contributed by atoms with E-state index in [2.05, 4.69) is 5.32 Å². The maximum atomic E-state index is 12.2. The van der Waals surface area contributed by atoms with Crippen LogP contribution in [0.25, 0.3) is 6.08 Å². The zero-order valence-corrected chi connectivity index (χ0v) is 15.5. The minimum absolute atomic E-state index is 0.0302. The van der Waals surface area contributed by atoms with Crippen molar-refractivity contribution >= 4 is 41.1 Å². The van der Waals surface area contributed by atoms with Gasteiger partial charge in [0.25, 0.3) is 5.91 Å². The number of halogens is 2. The lowest BCUT2D eigenvalue weighted by molar-refractivity contribution is -0.117. The molecule has 0 radical (unpaired) electrons. The molecule has 0 bridgehead atoms. The second-order valence-electron chi connectivity index (χ2n) is 6.05. The monoisotopic (exact) mass is 392 g/mol. The zero-order chi connectivity index (χ0) is 18.5. The molecule has 1 fully saturated rings. The topological polar surface area (TPSA) is 62.6 Å². The van der Waals surface area contributed by atoms with Gasteiger partial charge in [0.05, 0.1) is 6.26 Å². The number of hydrogen-bond donors (Lipinski definition) is 1. The molecule has 1 aliphatic rings. The normalized spacial score (nSPS) is 15.4. The van der Waals surface area contributed by atoms with E-state index in [1.807, 2.05) is 0 Å². The van der Waals surface area contributed by atoms with Crippen molar-refractivity contribution in [1.82, 2.24) is 10.2 Å². The summed E-state index contributed by atoms with van der Waals surface area (Å²) >= 11 is 12.0. The van der Waals surface area contributed by atoms with E-state index in [0.717, 1.165) is 0 Å². The summed E-state index contributed by atoms with van der Waals surface area (Å²) in [4.78, 5) is 26.1. The predicted octanol–water partition coefficient (Wildman–Crippen LogP) is 4.02. The molecule has 26 heavy (non-hydrogen) atoms. The first-order valence-electron chi connectivity index (χ1n) is 8.29. The molecule has 0 atom stereocenters. The van der Waals surface area contributed by atoms with Crippen molar-refractivity contribution in [1.29, 1.82) is 0 Å².